The lowest BCUT2D eigenvalue weighted by Crippen LogP contribution is -2.31. The van der Waals surface area contributed by atoms with E-state index in [2.05, 4.69) is 20.8 Å². The molecular weight excluding hydrogens is 396 g/mol. The molecule has 1 heterocycles. The summed E-state index contributed by atoms with van der Waals surface area (Å²) < 4.78 is 0. The first kappa shape index (κ1) is 20.0. The van der Waals surface area contributed by atoms with Crippen LogP contribution < -0.4 is 15.8 Å². The van der Waals surface area contributed by atoms with Crippen molar-refractivity contribution in [1.82, 2.24) is 15.4 Å². The average Bonchev–Trinajstić information content (AvgIpc) is 2.72. The molecule has 10 heteroatoms. The Morgan fingerprint density at radius 3 is 2.52 bits per heavy atom. The lowest BCUT2D eigenvalue weighted by Gasteiger charge is -2.19. The van der Waals surface area contributed by atoms with Gasteiger partial charge in [0, 0.05) is 13.6 Å². The van der Waals surface area contributed by atoms with Gasteiger partial charge in [0.05, 0.1) is 15.5 Å². The summed E-state index contributed by atoms with van der Waals surface area (Å²) in [7, 11) is 1.69. The predicted molar refractivity (Wildman–Crippen MR) is 110 cm³/mol. The third-order valence-corrected chi connectivity index (χ3v) is 4.35. The van der Waals surface area contributed by atoms with Crippen molar-refractivity contribution in [2.24, 2.45) is 0 Å². The van der Waals surface area contributed by atoms with Gasteiger partial charge < -0.3 is 4.90 Å². The Balaban J connectivity index is 1.82. The SMILES string of the molecule is CN(Cc1ccccc1)c1ncnc(NNC(=O)c2ccccc2Cl)c1[N+](=O)[O-]. The number of nitrogens with one attached hydrogen (secondary N) is 2. The summed E-state index contributed by atoms with van der Waals surface area (Å²) in [6.45, 7) is 0.407. The number of halogens is 1. The fourth-order valence-electron chi connectivity index (χ4n) is 2.67. The number of carbonyl (C=O) groups is 1. The molecule has 0 atom stereocenters. The molecule has 0 fully saturated rings. The molecular formula is C19H17ClN6O3. The molecule has 0 unspecified atom stereocenters. The highest BCUT2D eigenvalue weighted by Gasteiger charge is 2.26. The smallest absolute Gasteiger partial charge is 0.349 e. The highest BCUT2D eigenvalue weighted by molar-refractivity contribution is 6.33. The molecule has 0 aliphatic heterocycles. The van der Waals surface area contributed by atoms with Gasteiger partial charge >= 0.3 is 5.69 Å². The summed E-state index contributed by atoms with van der Waals surface area (Å²) in [5, 5.41) is 12.0. The number of nitro groups is 1. The van der Waals surface area contributed by atoms with Gasteiger partial charge in [-0.15, -0.1) is 0 Å². The third-order valence-electron chi connectivity index (χ3n) is 4.02. The van der Waals surface area contributed by atoms with E-state index in [1.807, 2.05) is 30.3 Å². The van der Waals surface area contributed by atoms with Crippen molar-refractivity contribution < 1.29 is 9.72 Å². The van der Waals surface area contributed by atoms with E-state index >= 15 is 0 Å². The van der Waals surface area contributed by atoms with Crippen LogP contribution in [0.3, 0.4) is 0 Å². The molecule has 1 amide bonds. The van der Waals surface area contributed by atoms with Crippen LogP contribution in [-0.2, 0) is 6.54 Å². The number of benzene rings is 2. The minimum Gasteiger partial charge on any atom is -0.349 e. The first-order valence-electron chi connectivity index (χ1n) is 8.52. The molecule has 0 aliphatic rings. The molecule has 9 nitrogen and oxygen atoms in total. The van der Waals surface area contributed by atoms with Crippen LogP contribution in [0.4, 0.5) is 17.3 Å². The Labute approximate surface area is 171 Å². The van der Waals surface area contributed by atoms with E-state index < -0.39 is 10.8 Å². The van der Waals surface area contributed by atoms with Crippen molar-refractivity contribution in [2.75, 3.05) is 17.4 Å². The van der Waals surface area contributed by atoms with Crippen molar-refractivity contribution in [3.63, 3.8) is 0 Å². The molecule has 0 bridgehead atoms. The number of aromatic nitrogens is 2. The maximum atomic E-state index is 12.3. The maximum absolute atomic E-state index is 12.3. The number of nitrogens with zero attached hydrogens (tertiary/aromatic N) is 4. The molecule has 2 aromatic carbocycles. The topological polar surface area (TPSA) is 113 Å². The van der Waals surface area contributed by atoms with E-state index in [1.165, 1.54) is 12.4 Å². The first-order valence-corrected chi connectivity index (χ1v) is 8.90. The molecule has 2 N–H and O–H groups in total. The van der Waals surface area contributed by atoms with E-state index in [-0.39, 0.29) is 27.9 Å². The Morgan fingerprint density at radius 1 is 1.14 bits per heavy atom. The molecule has 29 heavy (non-hydrogen) atoms. The van der Waals surface area contributed by atoms with Gasteiger partial charge in [0.25, 0.3) is 5.91 Å². The van der Waals surface area contributed by atoms with Crippen LogP contribution in [0.2, 0.25) is 5.02 Å². The van der Waals surface area contributed by atoms with Gasteiger partial charge in [-0.3, -0.25) is 25.8 Å². The number of carbonyl (C=O) groups excluding carboxylic acids is 1. The highest BCUT2D eigenvalue weighted by Crippen LogP contribution is 2.31. The van der Waals surface area contributed by atoms with Gasteiger partial charge in [0.15, 0.2) is 0 Å². The predicted octanol–water partition coefficient (Wildman–Crippen LogP) is 3.43. The van der Waals surface area contributed by atoms with Crippen LogP contribution in [-0.4, -0.2) is 27.8 Å². The van der Waals surface area contributed by atoms with Crippen molar-refractivity contribution >= 4 is 34.8 Å². The second kappa shape index (κ2) is 8.98. The van der Waals surface area contributed by atoms with Crippen LogP contribution in [0.5, 0.6) is 0 Å². The standard InChI is InChI=1S/C19H17ClN6O3/c1-25(11-13-7-3-2-4-8-13)18-16(26(28)29)17(21-12-22-18)23-24-19(27)14-9-5-6-10-15(14)20/h2-10,12H,11H2,1H3,(H,24,27)(H,21,22,23). The van der Waals surface area contributed by atoms with Crippen LogP contribution >= 0.6 is 11.6 Å². The second-order valence-corrected chi connectivity index (χ2v) is 6.46. The van der Waals surface area contributed by atoms with Crippen molar-refractivity contribution in [3.05, 3.63) is 87.2 Å². The van der Waals surface area contributed by atoms with Gasteiger partial charge in [0.1, 0.15) is 6.33 Å². The number of rotatable bonds is 7. The largest absolute Gasteiger partial charge is 0.355 e. The molecule has 0 radical (unpaired) electrons. The monoisotopic (exact) mass is 412 g/mol. The number of hydrogen-bond donors (Lipinski definition) is 2. The highest BCUT2D eigenvalue weighted by atomic mass is 35.5. The van der Waals surface area contributed by atoms with Crippen LogP contribution in [0.15, 0.2) is 60.9 Å². The Kier molecular flexibility index (Phi) is 6.20. The Hall–Kier alpha value is -3.72. The zero-order valence-corrected chi connectivity index (χ0v) is 16.1. The molecule has 0 saturated carbocycles. The molecule has 0 spiro atoms. The molecule has 3 rings (SSSR count). The van der Waals surface area contributed by atoms with Gasteiger partial charge in [-0.05, 0) is 17.7 Å². The summed E-state index contributed by atoms with van der Waals surface area (Å²) in [4.78, 5) is 33.0. The van der Waals surface area contributed by atoms with Gasteiger partial charge in [-0.25, -0.2) is 9.97 Å². The van der Waals surface area contributed by atoms with Crippen LogP contribution in [0.1, 0.15) is 15.9 Å². The summed E-state index contributed by atoms with van der Waals surface area (Å²) in [5.41, 5.74) is 5.71. The maximum Gasteiger partial charge on any atom is 0.355 e. The van der Waals surface area contributed by atoms with Gasteiger partial charge in [0.2, 0.25) is 11.6 Å². The molecule has 0 aliphatic carbocycles. The number of anilines is 2. The molecule has 148 valence electrons. The Morgan fingerprint density at radius 2 is 1.83 bits per heavy atom. The van der Waals surface area contributed by atoms with Gasteiger partial charge in [-0.2, -0.15) is 0 Å². The minimum absolute atomic E-state index is 0.114. The van der Waals surface area contributed by atoms with E-state index in [1.54, 1.807) is 30.1 Å². The molecule has 0 saturated heterocycles. The zero-order valence-electron chi connectivity index (χ0n) is 15.4. The van der Waals surface area contributed by atoms with Gasteiger partial charge in [-0.1, -0.05) is 54.1 Å². The Bertz CT molecular complexity index is 1030. The summed E-state index contributed by atoms with van der Waals surface area (Å²) in [6, 6.07) is 15.9. The summed E-state index contributed by atoms with van der Waals surface area (Å²) in [6.07, 6.45) is 1.19. The number of hydrazine groups is 1. The van der Waals surface area contributed by atoms with E-state index in [9.17, 15) is 14.9 Å². The summed E-state index contributed by atoms with van der Waals surface area (Å²) in [5.74, 6) is -0.577. The lowest BCUT2D eigenvalue weighted by molar-refractivity contribution is -0.383. The quantitative estimate of drug-likeness (QED) is 0.451. The van der Waals surface area contributed by atoms with Crippen LogP contribution in [0, 0.1) is 10.1 Å². The fraction of sp³-hybridized carbons (Fsp3) is 0.105. The minimum atomic E-state index is -0.596. The molecule has 3 aromatic rings. The number of amides is 1. The van der Waals surface area contributed by atoms with E-state index in [4.69, 9.17) is 11.6 Å². The number of hydrogen-bond acceptors (Lipinski definition) is 7. The van der Waals surface area contributed by atoms with Crippen molar-refractivity contribution in [3.8, 4) is 0 Å². The average molecular weight is 413 g/mol. The van der Waals surface area contributed by atoms with Crippen molar-refractivity contribution in [2.45, 2.75) is 6.54 Å². The van der Waals surface area contributed by atoms with E-state index in [0.29, 0.717) is 6.54 Å². The van der Waals surface area contributed by atoms with Crippen molar-refractivity contribution in [1.29, 1.82) is 0 Å². The summed E-state index contributed by atoms with van der Waals surface area (Å²) >= 11 is 6.00. The third kappa shape index (κ3) is 4.77. The lowest BCUT2D eigenvalue weighted by atomic mass is 10.2. The normalized spacial score (nSPS) is 10.3. The zero-order chi connectivity index (χ0) is 20.8. The first-order chi connectivity index (χ1) is 14.0. The second-order valence-electron chi connectivity index (χ2n) is 6.05. The fourth-order valence-corrected chi connectivity index (χ4v) is 2.89. The van der Waals surface area contributed by atoms with E-state index in [0.717, 1.165) is 5.56 Å². The molecule has 1 aromatic heterocycles. The van der Waals surface area contributed by atoms with Crippen LogP contribution in [0.25, 0.3) is 0 Å².